The molecule has 0 aliphatic carbocycles. The minimum atomic E-state index is -0.237. The van der Waals surface area contributed by atoms with Crippen LogP contribution >= 0.6 is 11.8 Å². The predicted molar refractivity (Wildman–Crippen MR) is 147 cm³/mol. The quantitative estimate of drug-likeness (QED) is 0.254. The van der Waals surface area contributed by atoms with E-state index in [-0.39, 0.29) is 23.3 Å². The third-order valence-corrected chi connectivity index (χ3v) is 7.22. The van der Waals surface area contributed by atoms with Crippen LogP contribution in [0, 0.1) is 0 Å². The summed E-state index contributed by atoms with van der Waals surface area (Å²) in [4.78, 5) is 32.7. The summed E-state index contributed by atoms with van der Waals surface area (Å²) >= 11 is 1.22. The molecule has 0 unspecified atom stereocenters. The second kappa shape index (κ2) is 11.0. The number of nitrogens with zero attached hydrogens (tertiary/aromatic N) is 3. The first-order valence-electron chi connectivity index (χ1n) is 12.3. The Balaban J connectivity index is 1.42. The highest BCUT2D eigenvalue weighted by molar-refractivity contribution is 7.99. The first kappa shape index (κ1) is 24.8. The van der Waals surface area contributed by atoms with Gasteiger partial charge in [0.05, 0.1) is 24.6 Å². The molecule has 7 nitrogen and oxygen atoms in total. The Morgan fingerprint density at radius 1 is 1.08 bits per heavy atom. The van der Waals surface area contributed by atoms with Gasteiger partial charge in [0.2, 0.25) is 0 Å². The zero-order valence-electron chi connectivity index (χ0n) is 20.8. The highest BCUT2D eigenvalue weighted by Crippen LogP contribution is 2.35. The fraction of sp³-hybridized carbons (Fsp3) is 0.241. The minimum absolute atomic E-state index is 0.111. The van der Waals surface area contributed by atoms with Gasteiger partial charge in [-0.2, -0.15) is 5.10 Å². The van der Waals surface area contributed by atoms with Gasteiger partial charge in [0.25, 0.3) is 11.5 Å². The van der Waals surface area contributed by atoms with Crippen LogP contribution in [0.4, 0.5) is 0 Å². The van der Waals surface area contributed by atoms with E-state index in [4.69, 9.17) is 9.84 Å². The number of thioether (sulfide) groups is 1. The van der Waals surface area contributed by atoms with Crippen molar-refractivity contribution in [2.24, 2.45) is 5.10 Å². The molecule has 0 radical (unpaired) electrons. The van der Waals surface area contributed by atoms with E-state index < -0.39 is 0 Å². The van der Waals surface area contributed by atoms with Gasteiger partial charge < -0.3 is 9.72 Å². The number of aromatic amines is 1. The summed E-state index contributed by atoms with van der Waals surface area (Å²) in [6.07, 6.45) is 2.21. The number of ether oxygens (including phenoxy) is 1. The van der Waals surface area contributed by atoms with Gasteiger partial charge in [0.1, 0.15) is 5.75 Å². The van der Waals surface area contributed by atoms with E-state index in [9.17, 15) is 9.59 Å². The Morgan fingerprint density at radius 2 is 1.86 bits per heavy atom. The number of methoxy groups -OCH3 is 1. The van der Waals surface area contributed by atoms with E-state index in [1.807, 2.05) is 43.3 Å². The van der Waals surface area contributed by atoms with Crippen LogP contribution < -0.4 is 10.3 Å². The molecule has 1 amide bonds. The first-order chi connectivity index (χ1) is 18.0. The summed E-state index contributed by atoms with van der Waals surface area (Å²) in [7, 11) is 1.63. The molecule has 37 heavy (non-hydrogen) atoms. The molecule has 1 aliphatic rings. The average molecular weight is 513 g/mol. The molecule has 188 valence electrons. The number of hydrazone groups is 1. The lowest BCUT2D eigenvalue weighted by atomic mass is 9.97. The molecular weight excluding hydrogens is 484 g/mol. The van der Waals surface area contributed by atoms with Crippen LogP contribution in [0.5, 0.6) is 5.75 Å². The first-order valence-corrected chi connectivity index (χ1v) is 13.3. The molecule has 0 spiro atoms. The smallest absolute Gasteiger partial charge is 0.253 e. The van der Waals surface area contributed by atoms with Crippen LogP contribution in [0.15, 0.2) is 87.8 Å². The van der Waals surface area contributed by atoms with E-state index in [1.165, 1.54) is 17.8 Å². The van der Waals surface area contributed by atoms with Gasteiger partial charge in [-0.05, 0) is 46.5 Å². The number of aromatic nitrogens is 2. The monoisotopic (exact) mass is 512 g/mol. The van der Waals surface area contributed by atoms with Gasteiger partial charge in [-0.3, -0.25) is 9.59 Å². The van der Waals surface area contributed by atoms with Gasteiger partial charge in [0, 0.05) is 18.2 Å². The van der Waals surface area contributed by atoms with Crippen LogP contribution in [0.3, 0.4) is 0 Å². The van der Waals surface area contributed by atoms with Crippen molar-refractivity contribution < 1.29 is 9.53 Å². The second-order valence-corrected chi connectivity index (χ2v) is 9.88. The van der Waals surface area contributed by atoms with Crippen molar-refractivity contribution in [1.82, 2.24) is 15.0 Å². The summed E-state index contributed by atoms with van der Waals surface area (Å²) in [6.45, 7) is 2.04. The number of rotatable bonds is 8. The molecule has 1 N–H and O–H groups in total. The average Bonchev–Trinajstić information content (AvgIpc) is 3.37. The van der Waals surface area contributed by atoms with Gasteiger partial charge in [0.15, 0.2) is 5.16 Å². The van der Waals surface area contributed by atoms with Crippen LogP contribution in [0.25, 0.3) is 10.8 Å². The lowest BCUT2D eigenvalue weighted by Gasteiger charge is -2.22. The summed E-state index contributed by atoms with van der Waals surface area (Å²) < 4.78 is 5.31. The topological polar surface area (TPSA) is 87.7 Å². The maximum atomic E-state index is 13.5. The number of aryl methyl sites for hydroxylation is 1. The fourth-order valence-electron chi connectivity index (χ4n) is 4.50. The molecule has 1 aromatic heterocycles. The Hall–Kier alpha value is -3.91. The lowest BCUT2D eigenvalue weighted by molar-refractivity contribution is -0.130. The number of nitrogens with one attached hydrogen (secondary N) is 1. The third kappa shape index (κ3) is 5.59. The summed E-state index contributed by atoms with van der Waals surface area (Å²) in [5.74, 6) is 0.720. The van der Waals surface area contributed by atoms with Crippen molar-refractivity contribution in [2.45, 2.75) is 37.4 Å². The van der Waals surface area contributed by atoms with Crippen LogP contribution in [-0.2, 0) is 11.2 Å². The van der Waals surface area contributed by atoms with Crippen molar-refractivity contribution in [3.05, 3.63) is 100.0 Å². The molecule has 4 aromatic rings. The zero-order valence-corrected chi connectivity index (χ0v) is 21.6. The molecule has 5 rings (SSSR count). The van der Waals surface area contributed by atoms with E-state index in [2.05, 4.69) is 40.3 Å². The summed E-state index contributed by atoms with van der Waals surface area (Å²) in [5, 5.41) is 9.12. The normalized spacial score (nSPS) is 15.1. The highest BCUT2D eigenvalue weighted by atomic mass is 32.2. The van der Waals surface area contributed by atoms with Gasteiger partial charge in [-0.15, -0.1) is 0 Å². The largest absolute Gasteiger partial charge is 0.497 e. The predicted octanol–water partition coefficient (Wildman–Crippen LogP) is 5.35. The third-order valence-electron chi connectivity index (χ3n) is 6.36. The number of carbonyl (C=O) groups excluding carboxylic acids is 1. The summed E-state index contributed by atoms with van der Waals surface area (Å²) in [5.41, 5.74) is 3.37. The maximum Gasteiger partial charge on any atom is 0.253 e. The Kier molecular flexibility index (Phi) is 7.37. The molecule has 1 aliphatic heterocycles. The summed E-state index contributed by atoms with van der Waals surface area (Å²) in [6, 6.07) is 23.5. The van der Waals surface area contributed by atoms with Crippen LogP contribution in [-0.4, -0.2) is 39.5 Å². The van der Waals surface area contributed by atoms with Gasteiger partial charge in [-0.25, -0.2) is 9.99 Å². The number of benzene rings is 3. The van der Waals surface area contributed by atoms with Crippen molar-refractivity contribution in [3.8, 4) is 5.75 Å². The number of hydrogen-bond acceptors (Lipinski definition) is 6. The molecule has 0 fully saturated rings. The van der Waals surface area contributed by atoms with Crippen molar-refractivity contribution >= 4 is 34.2 Å². The molecular formula is C29H28N4O3S. The van der Waals surface area contributed by atoms with E-state index in [0.717, 1.165) is 51.9 Å². The zero-order chi connectivity index (χ0) is 25.8. The molecule has 1 atom stereocenters. The number of amides is 1. The second-order valence-electron chi connectivity index (χ2n) is 8.92. The molecule has 0 saturated carbocycles. The van der Waals surface area contributed by atoms with Crippen LogP contribution in [0.2, 0.25) is 0 Å². The lowest BCUT2D eigenvalue weighted by Crippen LogP contribution is -2.28. The fourth-order valence-corrected chi connectivity index (χ4v) is 5.25. The molecule has 0 bridgehead atoms. The van der Waals surface area contributed by atoms with E-state index in [1.54, 1.807) is 12.1 Å². The standard InChI is InChI=1S/C29H28N4O3S/c1-3-6-23-16-27(34)31-29(30-23)37-18-28(35)33-26(20-11-13-24(36-2)14-12-20)17-25(32-33)22-10-9-19-7-4-5-8-21(19)15-22/h4-5,7-16,26H,3,6,17-18H2,1-2H3,(H,30,31,34)/t26-/m1/s1. The number of fused-ring (bicyclic) bond motifs is 1. The molecule has 3 aromatic carbocycles. The Bertz CT molecular complexity index is 1510. The SMILES string of the molecule is CCCc1cc(=O)[nH]c(SCC(=O)N2N=C(c3ccc4ccccc4c3)C[C@@H]2c2ccc(OC)cc2)n1. The van der Waals surface area contributed by atoms with Crippen molar-refractivity contribution in [2.75, 3.05) is 12.9 Å². The van der Waals surface area contributed by atoms with E-state index >= 15 is 0 Å². The van der Waals surface area contributed by atoms with Gasteiger partial charge >= 0.3 is 0 Å². The number of H-pyrrole nitrogens is 1. The number of hydrogen-bond donors (Lipinski definition) is 1. The van der Waals surface area contributed by atoms with Crippen molar-refractivity contribution in [3.63, 3.8) is 0 Å². The van der Waals surface area contributed by atoms with Crippen molar-refractivity contribution in [1.29, 1.82) is 0 Å². The van der Waals surface area contributed by atoms with Crippen LogP contribution in [0.1, 0.15) is 42.6 Å². The van der Waals surface area contributed by atoms with E-state index in [0.29, 0.717) is 11.6 Å². The minimum Gasteiger partial charge on any atom is -0.497 e. The number of carbonyl (C=O) groups is 1. The Morgan fingerprint density at radius 3 is 2.62 bits per heavy atom. The molecule has 8 heteroatoms. The Labute approximate surface area is 219 Å². The maximum absolute atomic E-state index is 13.5. The van der Waals surface area contributed by atoms with Gasteiger partial charge in [-0.1, -0.05) is 73.6 Å². The highest BCUT2D eigenvalue weighted by Gasteiger charge is 2.33. The molecule has 0 saturated heterocycles. The molecule has 2 heterocycles.